The summed E-state index contributed by atoms with van der Waals surface area (Å²) in [4.78, 5) is 151. The highest BCUT2D eigenvalue weighted by Crippen LogP contribution is 2.21. The molecule has 0 aromatic carbocycles. The number of aliphatic hydroxyl groups is 4. The van der Waals surface area contributed by atoms with Crippen molar-refractivity contribution in [1.29, 1.82) is 0 Å². The van der Waals surface area contributed by atoms with E-state index in [1.807, 2.05) is 0 Å². The molecule has 516 valence electrons. The number of carbonyl (C=O) groups excluding carboxylic acids is 10. The molecule has 1 fully saturated rings. The van der Waals surface area contributed by atoms with Gasteiger partial charge < -0.3 is 135 Å². The van der Waals surface area contributed by atoms with E-state index < -0.39 is 157 Å². The molecule has 1 saturated heterocycles. The Balaban J connectivity index is 2.42. The van der Waals surface area contributed by atoms with Gasteiger partial charge in [0.2, 0.25) is 53.2 Å². The van der Waals surface area contributed by atoms with Crippen LogP contribution in [0, 0.1) is 0 Å². The van der Waals surface area contributed by atoms with Gasteiger partial charge >= 0.3 is 0 Å². The molecule has 2 rings (SSSR count). The van der Waals surface area contributed by atoms with Crippen LogP contribution in [0.2, 0.25) is 0 Å². The Kier molecular flexibility index (Phi) is 38.5. The smallest absolute Gasteiger partial charge is 0.268 e. The van der Waals surface area contributed by atoms with Crippen molar-refractivity contribution in [2.24, 2.45) is 62.3 Å². The third-order valence-electron chi connectivity index (χ3n) is 14.5. The summed E-state index contributed by atoms with van der Waals surface area (Å²) < 4.78 is 0. The molecule has 1 aliphatic heterocycles. The molecule has 37 nitrogen and oxygen atoms in total. The van der Waals surface area contributed by atoms with Gasteiger partial charge in [-0.05, 0) is 103 Å². The van der Waals surface area contributed by atoms with Crippen molar-refractivity contribution >= 4 is 65.0 Å². The third-order valence-corrected chi connectivity index (χ3v) is 14.5. The Hall–Kier alpha value is -7.56. The molecule has 0 unspecified atom stereocenters. The van der Waals surface area contributed by atoms with Crippen LogP contribution in [0.3, 0.4) is 0 Å². The van der Waals surface area contributed by atoms with Gasteiger partial charge in [-0.25, -0.2) is 4.98 Å². The number of aromatic amines is 1. The lowest BCUT2D eigenvalue weighted by Gasteiger charge is -2.30. The second-order valence-electron chi connectivity index (χ2n) is 21.8. The molecule has 1 aromatic heterocycles. The van der Waals surface area contributed by atoms with Crippen LogP contribution in [0.4, 0.5) is 0 Å². The first-order chi connectivity index (χ1) is 43.4. The zero-order valence-corrected chi connectivity index (χ0v) is 51.5. The molecule has 34 N–H and O–H groups in total. The molecule has 91 heavy (non-hydrogen) atoms. The quantitative estimate of drug-likeness (QED) is 0.0125. The molecule has 0 spiro atoms. The van der Waals surface area contributed by atoms with Crippen LogP contribution in [0.5, 0.6) is 0 Å². The van der Waals surface area contributed by atoms with Gasteiger partial charge in [0.25, 0.3) is 5.91 Å². The lowest BCUT2D eigenvalue weighted by Crippen LogP contribution is -2.63. The second kappa shape index (κ2) is 44.0. The fourth-order valence-electron chi connectivity index (χ4n) is 9.21. The van der Waals surface area contributed by atoms with Crippen LogP contribution < -0.4 is 105 Å². The molecular formula is C54H101N23O14. The van der Waals surface area contributed by atoms with Crippen molar-refractivity contribution in [2.75, 3.05) is 72.0 Å². The maximum atomic E-state index is 14.5. The number of nitrogens with one attached hydrogen (secondary N) is 10. The number of carbonyl (C=O) groups is 10. The summed E-state index contributed by atoms with van der Waals surface area (Å²) in [6, 6.07) is -11.6. The molecule has 10 amide bonds. The molecule has 0 aliphatic carbocycles. The van der Waals surface area contributed by atoms with E-state index in [4.69, 9.17) is 57.3 Å². The van der Waals surface area contributed by atoms with Crippen molar-refractivity contribution in [1.82, 2.24) is 62.7 Å². The van der Waals surface area contributed by atoms with E-state index in [1.54, 1.807) is 0 Å². The standard InChI is InChI=1S/C54H101N23O14/c55-16-2-1-8-33(62)45(83)75-44(41(81)26-61)52(90)76-43(40(80)25-60)51(89)68-28-42(82)70-37(9-5-18-57)53(91)77-21-7-11-39(77)50(88)74-38(22-30-27-65-29-69-30)49(87)73-36(15-13-32(79)24-59)48(86)71-34(10-6-20-67-54(63)64)47(85)72-35(14-12-31(78)23-58)46(84)66-19-4-3-17-56/h10,27,29,31-33,35-41,43-44,78-81H,1-9,11-26,28,55-62H2,(H,65,69)(H,66,84)(H,68,89)(H,70,82)(H,71,86)(H,72,85)(H,73,87)(H,74,88)(H,75,83)(H,76,90)(H4,63,64,67)/b34-10-/t31-,32-,33-,35-,36-,37+,38-,39-,40-,41-,43-,44-/m0/s1. The molecule has 0 radical (unpaired) electrons. The van der Waals surface area contributed by atoms with Crippen LogP contribution in [-0.4, -0.2) is 245 Å². The number of guanidine groups is 1. The first-order valence-electron chi connectivity index (χ1n) is 30.5. The average molecular weight is 1300 g/mol. The normalized spacial score (nSPS) is 16.8. The Morgan fingerprint density at radius 2 is 1.23 bits per heavy atom. The monoisotopic (exact) mass is 1300 g/mol. The van der Waals surface area contributed by atoms with E-state index >= 15 is 0 Å². The van der Waals surface area contributed by atoms with Crippen molar-refractivity contribution in [3.8, 4) is 0 Å². The number of aliphatic imine (C=N–C) groups is 1. The highest BCUT2D eigenvalue weighted by atomic mass is 16.3. The molecular weight excluding hydrogens is 1190 g/mol. The van der Waals surface area contributed by atoms with Gasteiger partial charge in [-0.15, -0.1) is 0 Å². The van der Waals surface area contributed by atoms with E-state index in [0.717, 1.165) is 0 Å². The van der Waals surface area contributed by atoms with Crippen molar-refractivity contribution in [2.45, 2.75) is 169 Å². The third kappa shape index (κ3) is 29.5. The highest BCUT2D eigenvalue weighted by Gasteiger charge is 2.40. The Bertz CT molecular complexity index is 2490. The molecule has 0 bridgehead atoms. The summed E-state index contributed by atoms with van der Waals surface area (Å²) in [6.07, 6.45) is 0.474. The number of aliphatic hydroxyl groups excluding tert-OH is 4. The number of hydrogen-bond acceptors (Lipinski definition) is 24. The van der Waals surface area contributed by atoms with E-state index in [0.29, 0.717) is 44.5 Å². The number of imidazole rings is 1. The van der Waals surface area contributed by atoms with E-state index in [2.05, 4.69) is 62.8 Å². The molecule has 12 atom stereocenters. The van der Waals surface area contributed by atoms with Crippen LogP contribution >= 0.6 is 0 Å². The Labute approximate surface area is 528 Å². The second-order valence-corrected chi connectivity index (χ2v) is 21.8. The van der Waals surface area contributed by atoms with Gasteiger partial charge in [0.15, 0.2) is 5.96 Å². The van der Waals surface area contributed by atoms with Crippen molar-refractivity contribution < 1.29 is 68.4 Å². The first kappa shape index (κ1) is 79.5. The van der Waals surface area contributed by atoms with Gasteiger partial charge in [0.1, 0.15) is 48.0 Å². The number of nitrogens with two attached hydrogens (primary N) is 10. The van der Waals surface area contributed by atoms with Crippen molar-refractivity contribution in [3.05, 3.63) is 30.0 Å². The van der Waals surface area contributed by atoms with Crippen LogP contribution in [0.15, 0.2) is 29.3 Å². The summed E-state index contributed by atoms with van der Waals surface area (Å²) in [7, 11) is 0. The van der Waals surface area contributed by atoms with Crippen LogP contribution in [-0.2, 0) is 54.4 Å². The molecule has 0 saturated carbocycles. The minimum absolute atomic E-state index is 0.00895. The van der Waals surface area contributed by atoms with Gasteiger partial charge in [-0.2, -0.15) is 0 Å². The lowest BCUT2D eigenvalue weighted by atomic mass is 10.0. The van der Waals surface area contributed by atoms with Gasteiger partial charge in [0, 0.05) is 64.1 Å². The largest absolute Gasteiger partial charge is 0.392 e. The average Bonchev–Trinajstić information content (AvgIpc) is 3.17. The lowest BCUT2D eigenvalue weighted by molar-refractivity contribution is -0.142. The molecule has 37 heteroatoms. The molecule has 1 aliphatic rings. The van der Waals surface area contributed by atoms with Crippen LogP contribution in [0.25, 0.3) is 0 Å². The topological polar surface area (TPSA) is 664 Å². The highest BCUT2D eigenvalue weighted by molar-refractivity contribution is 6.02. The van der Waals surface area contributed by atoms with E-state index in [1.165, 1.54) is 23.5 Å². The number of rotatable bonds is 46. The van der Waals surface area contributed by atoms with E-state index in [-0.39, 0.29) is 116 Å². The predicted molar refractivity (Wildman–Crippen MR) is 332 cm³/mol. The first-order valence-corrected chi connectivity index (χ1v) is 30.5. The zero-order chi connectivity index (χ0) is 68.0. The maximum Gasteiger partial charge on any atom is 0.268 e. The molecule has 1 aromatic rings. The number of aromatic nitrogens is 2. The fraction of sp³-hybridized carbons (Fsp3) is 0.704. The zero-order valence-electron chi connectivity index (χ0n) is 51.5. The number of H-pyrrole nitrogens is 1. The fourth-order valence-corrected chi connectivity index (χ4v) is 9.21. The van der Waals surface area contributed by atoms with Crippen molar-refractivity contribution in [3.63, 3.8) is 0 Å². The van der Waals surface area contributed by atoms with E-state index in [9.17, 15) is 68.4 Å². The number of amides is 10. The summed E-state index contributed by atoms with van der Waals surface area (Å²) >= 11 is 0. The number of unbranched alkanes of at least 4 members (excludes halogenated alkanes) is 2. The SMILES string of the molecule is NCCCCNC(=O)[C@H](CC[C@H](O)CN)NC(=O)/C(=C/CCN=C(N)N)NC(=O)[C@H](CC[C@H](O)CN)NC(=O)[C@H](Cc1cnc[nH]1)NC(=O)[C@@H]1CCCN1C(=O)[C@@H](CCCN)NC(=O)CNC(=O)[C@@H](NC(=O)[C@@H](NC(=O)[C@@H](N)CCCCN)[C@@H](O)CN)[C@@H](O)CN. The van der Waals surface area contributed by atoms with Gasteiger partial charge in [-0.1, -0.05) is 12.5 Å². The molecule has 2 heterocycles. The Morgan fingerprint density at radius 3 is 1.81 bits per heavy atom. The predicted octanol–water partition coefficient (Wildman–Crippen LogP) is -11.5. The Morgan fingerprint density at radius 1 is 0.626 bits per heavy atom. The van der Waals surface area contributed by atoms with Gasteiger partial charge in [0.05, 0.1) is 43.3 Å². The number of nitrogens with zero attached hydrogens (tertiary/aromatic N) is 3. The van der Waals surface area contributed by atoms with Crippen LogP contribution in [0.1, 0.15) is 95.6 Å². The number of likely N-dealkylation sites (tertiary alicyclic amines) is 1. The summed E-state index contributed by atoms with van der Waals surface area (Å²) in [5.74, 6) is -9.38. The maximum absolute atomic E-state index is 14.5. The summed E-state index contributed by atoms with van der Waals surface area (Å²) in [6.45, 7) is -1.34. The number of hydrogen-bond donors (Lipinski definition) is 24. The van der Waals surface area contributed by atoms with Gasteiger partial charge in [-0.3, -0.25) is 52.9 Å². The minimum Gasteiger partial charge on any atom is -0.392 e. The summed E-state index contributed by atoms with van der Waals surface area (Å²) in [5, 5.41) is 64.5. The minimum atomic E-state index is -1.85. The summed E-state index contributed by atoms with van der Waals surface area (Å²) in [5.41, 5.74) is 56.4.